The first kappa shape index (κ1) is 12.4. The standard InChI is InChI=1S/C9H13F3N2S/c1-8(2,6-15)5-14-4-3-7(13-14)9(10,11)12/h3-4,15H,5-6H2,1-2H3. The number of hydrogen-bond donors (Lipinski definition) is 1. The number of rotatable bonds is 3. The SMILES string of the molecule is CC(C)(CS)Cn1ccc(C(F)(F)F)n1. The van der Waals surface area contributed by atoms with E-state index in [-0.39, 0.29) is 5.41 Å². The molecule has 2 nitrogen and oxygen atoms in total. The summed E-state index contributed by atoms with van der Waals surface area (Å²) in [6.07, 6.45) is -3.02. The van der Waals surface area contributed by atoms with E-state index < -0.39 is 11.9 Å². The summed E-state index contributed by atoms with van der Waals surface area (Å²) in [5.74, 6) is 0.591. The van der Waals surface area contributed by atoms with Gasteiger partial charge < -0.3 is 0 Å². The molecule has 0 saturated heterocycles. The summed E-state index contributed by atoms with van der Waals surface area (Å²) < 4.78 is 38.0. The Morgan fingerprint density at radius 3 is 2.40 bits per heavy atom. The average Bonchev–Trinajstić information content (AvgIpc) is 2.51. The van der Waals surface area contributed by atoms with Gasteiger partial charge >= 0.3 is 6.18 Å². The van der Waals surface area contributed by atoms with E-state index in [4.69, 9.17) is 0 Å². The van der Waals surface area contributed by atoms with Crippen molar-refractivity contribution < 1.29 is 13.2 Å². The van der Waals surface area contributed by atoms with Crippen molar-refractivity contribution >= 4 is 12.6 Å². The Labute approximate surface area is 91.9 Å². The van der Waals surface area contributed by atoms with Gasteiger partial charge in [0, 0.05) is 12.7 Å². The number of alkyl halides is 3. The smallest absolute Gasteiger partial charge is 0.272 e. The fourth-order valence-corrected chi connectivity index (χ4v) is 1.19. The lowest BCUT2D eigenvalue weighted by Crippen LogP contribution is -2.22. The monoisotopic (exact) mass is 238 g/mol. The Kier molecular flexibility index (Phi) is 3.38. The molecule has 15 heavy (non-hydrogen) atoms. The third kappa shape index (κ3) is 3.44. The van der Waals surface area contributed by atoms with Crippen molar-refractivity contribution in [3.8, 4) is 0 Å². The molecule has 86 valence electrons. The molecule has 0 amide bonds. The second-order valence-electron chi connectivity index (χ2n) is 4.22. The second-order valence-corrected chi connectivity index (χ2v) is 4.53. The van der Waals surface area contributed by atoms with Gasteiger partial charge in [-0.15, -0.1) is 0 Å². The summed E-state index contributed by atoms with van der Waals surface area (Å²) >= 11 is 4.13. The number of hydrogen-bond acceptors (Lipinski definition) is 2. The molecule has 0 aliphatic rings. The highest BCUT2D eigenvalue weighted by molar-refractivity contribution is 7.80. The molecule has 0 fully saturated rings. The van der Waals surface area contributed by atoms with Crippen molar-refractivity contribution in [2.45, 2.75) is 26.6 Å². The summed E-state index contributed by atoms with van der Waals surface area (Å²) in [6.45, 7) is 4.27. The van der Waals surface area contributed by atoms with E-state index in [1.54, 1.807) is 0 Å². The lowest BCUT2D eigenvalue weighted by atomic mass is 9.97. The topological polar surface area (TPSA) is 17.8 Å². The van der Waals surface area contributed by atoms with Crippen molar-refractivity contribution in [2.24, 2.45) is 5.41 Å². The molecule has 1 aromatic rings. The Balaban J connectivity index is 2.78. The number of halogens is 3. The van der Waals surface area contributed by atoms with Crippen LogP contribution in [0.1, 0.15) is 19.5 Å². The van der Waals surface area contributed by atoms with E-state index in [0.29, 0.717) is 12.3 Å². The molecule has 0 aliphatic heterocycles. The van der Waals surface area contributed by atoms with Crippen molar-refractivity contribution in [1.82, 2.24) is 9.78 Å². The van der Waals surface area contributed by atoms with Crippen molar-refractivity contribution in [1.29, 1.82) is 0 Å². The second kappa shape index (κ2) is 4.08. The first-order chi connectivity index (χ1) is 6.74. The highest BCUT2D eigenvalue weighted by Gasteiger charge is 2.33. The maximum atomic E-state index is 12.2. The van der Waals surface area contributed by atoms with Crippen LogP contribution in [0.5, 0.6) is 0 Å². The van der Waals surface area contributed by atoms with E-state index >= 15 is 0 Å². The van der Waals surface area contributed by atoms with Crippen molar-refractivity contribution in [3.63, 3.8) is 0 Å². The summed E-state index contributed by atoms with van der Waals surface area (Å²) in [6, 6.07) is 0.981. The molecule has 0 radical (unpaired) electrons. The molecule has 1 aromatic heterocycles. The minimum absolute atomic E-state index is 0.169. The van der Waals surface area contributed by atoms with Crippen LogP contribution >= 0.6 is 12.6 Å². The van der Waals surface area contributed by atoms with Gasteiger partial charge in [-0.3, -0.25) is 4.68 Å². The van der Waals surface area contributed by atoms with Crippen LogP contribution in [0.4, 0.5) is 13.2 Å². The zero-order valence-corrected chi connectivity index (χ0v) is 9.44. The van der Waals surface area contributed by atoms with Gasteiger partial charge in [-0.05, 0) is 17.2 Å². The molecule has 6 heteroatoms. The normalized spacial score (nSPS) is 13.2. The Hall–Kier alpha value is -0.650. The highest BCUT2D eigenvalue weighted by atomic mass is 32.1. The molecular weight excluding hydrogens is 225 g/mol. The van der Waals surface area contributed by atoms with Crippen molar-refractivity contribution in [3.05, 3.63) is 18.0 Å². The summed E-state index contributed by atoms with van der Waals surface area (Å²) in [7, 11) is 0. The maximum absolute atomic E-state index is 12.2. The van der Waals surface area contributed by atoms with Gasteiger partial charge in [0.15, 0.2) is 5.69 Å². The van der Waals surface area contributed by atoms with Crippen LogP contribution in [0.25, 0.3) is 0 Å². The summed E-state index contributed by atoms with van der Waals surface area (Å²) in [5.41, 5.74) is -1.02. The molecule has 0 N–H and O–H groups in total. The highest BCUT2D eigenvalue weighted by Crippen LogP contribution is 2.28. The first-order valence-corrected chi connectivity index (χ1v) is 5.09. The fraction of sp³-hybridized carbons (Fsp3) is 0.667. The minimum atomic E-state index is -4.36. The lowest BCUT2D eigenvalue weighted by molar-refractivity contribution is -0.141. The van der Waals surface area contributed by atoms with Crippen LogP contribution in [0, 0.1) is 5.41 Å². The summed E-state index contributed by atoms with van der Waals surface area (Å²) in [4.78, 5) is 0. The molecule has 0 aliphatic carbocycles. The molecule has 0 atom stereocenters. The number of thiol groups is 1. The quantitative estimate of drug-likeness (QED) is 0.802. The predicted octanol–water partition coefficient (Wildman–Crippen LogP) is 2.86. The summed E-state index contributed by atoms with van der Waals surface area (Å²) in [5, 5.41) is 3.47. The van der Waals surface area contributed by atoms with E-state index in [1.807, 2.05) is 13.8 Å². The Bertz CT molecular complexity index is 330. The van der Waals surface area contributed by atoms with Gasteiger partial charge in [-0.1, -0.05) is 13.8 Å². The molecule has 0 unspecified atom stereocenters. The zero-order valence-electron chi connectivity index (χ0n) is 8.54. The third-order valence-corrected chi connectivity index (χ3v) is 2.81. The molecule has 0 spiro atoms. The zero-order chi connectivity index (χ0) is 11.7. The predicted molar refractivity (Wildman–Crippen MR) is 54.9 cm³/mol. The fourth-order valence-electron chi connectivity index (χ4n) is 1.09. The molecule has 0 aromatic carbocycles. The molecule has 0 bridgehead atoms. The Morgan fingerprint density at radius 1 is 1.40 bits per heavy atom. The van der Waals surface area contributed by atoms with Crippen LogP contribution in [-0.2, 0) is 12.7 Å². The molecule has 1 rings (SSSR count). The maximum Gasteiger partial charge on any atom is 0.435 e. The third-order valence-electron chi connectivity index (χ3n) is 1.95. The van der Waals surface area contributed by atoms with Crippen molar-refractivity contribution in [2.75, 3.05) is 5.75 Å². The number of aromatic nitrogens is 2. The van der Waals surface area contributed by atoms with Gasteiger partial charge in [0.2, 0.25) is 0 Å². The van der Waals surface area contributed by atoms with Gasteiger partial charge in [-0.25, -0.2) is 0 Å². The number of nitrogens with zero attached hydrogens (tertiary/aromatic N) is 2. The van der Waals surface area contributed by atoms with Crippen LogP contribution in [0.2, 0.25) is 0 Å². The first-order valence-electron chi connectivity index (χ1n) is 4.46. The van der Waals surface area contributed by atoms with Crippen LogP contribution < -0.4 is 0 Å². The van der Waals surface area contributed by atoms with Gasteiger partial charge in [0.1, 0.15) is 0 Å². The van der Waals surface area contributed by atoms with E-state index in [0.717, 1.165) is 6.07 Å². The lowest BCUT2D eigenvalue weighted by Gasteiger charge is -2.21. The van der Waals surface area contributed by atoms with Crippen LogP contribution in [0.15, 0.2) is 12.3 Å². The van der Waals surface area contributed by atoms with Crippen LogP contribution in [0.3, 0.4) is 0 Å². The molecule has 1 heterocycles. The molecular formula is C9H13F3N2S. The van der Waals surface area contributed by atoms with E-state index in [9.17, 15) is 13.2 Å². The average molecular weight is 238 g/mol. The Morgan fingerprint density at radius 2 is 2.00 bits per heavy atom. The van der Waals surface area contributed by atoms with E-state index in [1.165, 1.54) is 10.9 Å². The van der Waals surface area contributed by atoms with Gasteiger partial charge in [0.25, 0.3) is 0 Å². The van der Waals surface area contributed by atoms with Gasteiger partial charge in [-0.2, -0.15) is 30.9 Å². The molecule has 0 saturated carbocycles. The minimum Gasteiger partial charge on any atom is -0.272 e. The van der Waals surface area contributed by atoms with Crippen LogP contribution in [-0.4, -0.2) is 15.5 Å². The van der Waals surface area contributed by atoms with E-state index in [2.05, 4.69) is 17.7 Å². The van der Waals surface area contributed by atoms with Gasteiger partial charge in [0.05, 0.1) is 0 Å². The largest absolute Gasteiger partial charge is 0.435 e.